The van der Waals surface area contributed by atoms with Crippen molar-refractivity contribution in [2.75, 3.05) is 6.54 Å². The van der Waals surface area contributed by atoms with E-state index in [0.29, 0.717) is 0 Å². The van der Waals surface area contributed by atoms with E-state index in [4.69, 9.17) is 6.42 Å². The molecule has 74 valence electrons. The fourth-order valence-corrected chi connectivity index (χ4v) is 1.53. The quantitative estimate of drug-likeness (QED) is 0.732. The van der Waals surface area contributed by atoms with E-state index in [9.17, 15) is 0 Å². The maximum Gasteiger partial charge on any atom is 0.0434 e. The molecule has 1 aromatic rings. The Labute approximate surface area is 85.8 Å². The highest BCUT2D eigenvalue weighted by Gasteiger charge is 2.10. The topological polar surface area (TPSA) is 24.9 Å². The van der Waals surface area contributed by atoms with E-state index in [1.54, 1.807) is 0 Å². The number of pyridine rings is 1. The molecule has 14 heavy (non-hydrogen) atoms. The molecule has 2 nitrogen and oxygen atoms in total. The Kier molecular flexibility index (Phi) is 4.15. The first kappa shape index (κ1) is 10.7. The summed E-state index contributed by atoms with van der Waals surface area (Å²) in [6, 6.07) is 2.29. The van der Waals surface area contributed by atoms with Crippen LogP contribution in [0.25, 0.3) is 0 Å². The first-order valence-electron chi connectivity index (χ1n) is 4.87. The van der Waals surface area contributed by atoms with Crippen LogP contribution < -0.4 is 5.32 Å². The minimum absolute atomic E-state index is 0.257. The number of aryl methyl sites for hydroxylation is 1. The lowest BCUT2D eigenvalue weighted by Crippen LogP contribution is -2.21. The second kappa shape index (κ2) is 5.41. The molecular formula is C12H16N2. The summed E-state index contributed by atoms with van der Waals surface area (Å²) < 4.78 is 0. The van der Waals surface area contributed by atoms with Gasteiger partial charge in [-0.15, -0.1) is 12.3 Å². The molecule has 1 atom stereocenters. The molecule has 0 aliphatic rings. The van der Waals surface area contributed by atoms with Gasteiger partial charge in [0, 0.05) is 24.9 Å². The fourth-order valence-electron chi connectivity index (χ4n) is 1.53. The predicted octanol–water partition coefficient (Wildman–Crippen LogP) is 2.06. The Bertz CT molecular complexity index is 325. The molecule has 1 rings (SSSR count). The summed E-state index contributed by atoms with van der Waals surface area (Å²) in [6.45, 7) is 5.07. The molecule has 0 amide bonds. The Morgan fingerprint density at radius 2 is 2.43 bits per heavy atom. The van der Waals surface area contributed by atoms with E-state index in [1.807, 2.05) is 18.5 Å². The molecule has 0 aliphatic heterocycles. The third-order valence-corrected chi connectivity index (χ3v) is 2.21. The van der Waals surface area contributed by atoms with Crippen molar-refractivity contribution < 1.29 is 0 Å². The molecule has 0 bridgehead atoms. The van der Waals surface area contributed by atoms with Crippen molar-refractivity contribution >= 4 is 0 Å². The van der Waals surface area contributed by atoms with Crippen LogP contribution in [0.3, 0.4) is 0 Å². The van der Waals surface area contributed by atoms with Crippen LogP contribution in [-0.2, 0) is 0 Å². The van der Waals surface area contributed by atoms with Gasteiger partial charge in [-0.05, 0) is 30.7 Å². The highest BCUT2D eigenvalue weighted by Crippen LogP contribution is 2.18. The van der Waals surface area contributed by atoms with Crippen molar-refractivity contribution in [2.24, 2.45) is 0 Å². The molecule has 0 saturated heterocycles. The Hall–Kier alpha value is -1.33. The molecule has 1 unspecified atom stereocenters. The van der Waals surface area contributed by atoms with Crippen molar-refractivity contribution in [1.29, 1.82) is 0 Å². The maximum atomic E-state index is 5.34. The molecule has 1 aromatic heterocycles. The smallest absolute Gasteiger partial charge is 0.0434 e. The third kappa shape index (κ3) is 2.58. The lowest BCUT2D eigenvalue weighted by molar-refractivity contribution is 0.562. The third-order valence-electron chi connectivity index (χ3n) is 2.21. The van der Waals surface area contributed by atoms with Crippen LogP contribution in [-0.4, -0.2) is 11.5 Å². The normalized spacial score (nSPS) is 12.1. The zero-order valence-electron chi connectivity index (χ0n) is 8.75. The molecule has 0 aromatic carbocycles. The van der Waals surface area contributed by atoms with E-state index in [2.05, 4.69) is 30.1 Å². The zero-order valence-corrected chi connectivity index (χ0v) is 8.75. The number of nitrogens with zero attached hydrogens (tertiary/aromatic N) is 1. The molecular weight excluding hydrogens is 172 g/mol. The second-order valence-corrected chi connectivity index (χ2v) is 3.25. The Balaban J connectivity index is 2.88. The van der Waals surface area contributed by atoms with E-state index in [1.165, 1.54) is 11.1 Å². The minimum atomic E-state index is 0.257. The number of hydrogen-bond donors (Lipinski definition) is 1. The number of terminal acetylenes is 1. The average Bonchev–Trinajstić information content (AvgIpc) is 2.18. The molecule has 1 N–H and O–H groups in total. The molecule has 0 radical (unpaired) electrons. The van der Waals surface area contributed by atoms with Crippen LogP contribution in [0.1, 0.15) is 30.5 Å². The molecule has 1 heterocycles. The zero-order chi connectivity index (χ0) is 10.4. The number of hydrogen-bond acceptors (Lipinski definition) is 2. The molecule has 2 heteroatoms. The number of rotatable bonds is 4. The van der Waals surface area contributed by atoms with Gasteiger partial charge in [0.25, 0.3) is 0 Å². The number of aromatic nitrogens is 1. The SMILES string of the molecule is C#CCC(NCC)c1ccncc1C. The van der Waals surface area contributed by atoms with Gasteiger partial charge in [-0.25, -0.2) is 0 Å². The number of nitrogens with one attached hydrogen (secondary N) is 1. The molecule has 0 fully saturated rings. The van der Waals surface area contributed by atoms with E-state index >= 15 is 0 Å². The van der Waals surface area contributed by atoms with Crippen molar-refractivity contribution in [3.05, 3.63) is 29.6 Å². The Morgan fingerprint density at radius 3 is 3.00 bits per heavy atom. The van der Waals surface area contributed by atoms with Crippen molar-refractivity contribution in [1.82, 2.24) is 10.3 Å². The average molecular weight is 188 g/mol. The van der Waals surface area contributed by atoms with Crippen LogP contribution in [0.2, 0.25) is 0 Å². The summed E-state index contributed by atoms with van der Waals surface area (Å²) in [5.41, 5.74) is 2.44. The monoisotopic (exact) mass is 188 g/mol. The molecule has 0 saturated carbocycles. The van der Waals surface area contributed by atoms with Crippen LogP contribution in [0.4, 0.5) is 0 Å². The van der Waals surface area contributed by atoms with Crippen molar-refractivity contribution in [2.45, 2.75) is 26.3 Å². The summed E-state index contributed by atoms with van der Waals surface area (Å²) >= 11 is 0. The lowest BCUT2D eigenvalue weighted by atomic mass is 10.0. The molecule has 0 aliphatic carbocycles. The van der Waals surface area contributed by atoms with E-state index in [0.717, 1.165) is 13.0 Å². The summed E-state index contributed by atoms with van der Waals surface area (Å²) in [5, 5.41) is 3.37. The lowest BCUT2D eigenvalue weighted by Gasteiger charge is -2.17. The minimum Gasteiger partial charge on any atom is -0.309 e. The summed E-state index contributed by atoms with van der Waals surface area (Å²) in [4.78, 5) is 4.07. The Morgan fingerprint density at radius 1 is 1.64 bits per heavy atom. The standard InChI is InChI=1S/C12H16N2/c1-4-6-12(14-5-2)11-7-8-13-9-10(11)3/h1,7-9,12,14H,5-6H2,2-3H3. The van der Waals surface area contributed by atoms with Crippen LogP contribution in [0.5, 0.6) is 0 Å². The summed E-state index contributed by atoms with van der Waals surface area (Å²) in [5.74, 6) is 2.70. The van der Waals surface area contributed by atoms with Gasteiger partial charge in [-0.1, -0.05) is 6.92 Å². The van der Waals surface area contributed by atoms with Crippen molar-refractivity contribution in [3.8, 4) is 12.3 Å². The first-order valence-corrected chi connectivity index (χ1v) is 4.87. The van der Waals surface area contributed by atoms with Gasteiger partial charge in [0.2, 0.25) is 0 Å². The van der Waals surface area contributed by atoms with Gasteiger partial charge < -0.3 is 5.32 Å². The summed E-state index contributed by atoms with van der Waals surface area (Å²) in [6.07, 6.45) is 9.74. The largest absolute Gasteiger partial charge is 0.309 e. The van der Waals surface area contributed by atoms with Crippen LogP contribution in [0, 0.1) is 19.3 Å². The first-order chi connectivity index (χ1) is 6.79. The summed E-state index contributed by atoms with van der Waals surface area (Å²) in [7, 11) is 0. The van der Waals surface area contributed by atoms with Gasteiger partial charge in [-0.2, -0.15) is 0 Å². The highest BCUT2D eigenvalue weighted by molar-refractivity contribution is 5.26. The maximum absolute atomic E-state index is 5.34. The van der Waals surface area contributed by atoms with E-state index < -0.39 is 0 Å². The van der Waals surface area contributed by atoms with Gasteiger partial charge in [0.05, 0.1) is 0 Å². The van der Waals surface area contributed by atoms with Crippen molar-refractivity contribution in [3.63, 3.8) is 0 Å². The van der Waals surface area contributed by atoms with Gasteiger partial charge in [-0.3, -0.25) is 4.98 Å². The second-order valence-electron chi connectivity index (χ2n) is 3.25. The fraction of sp³-hybridized carbons (Fsp3) is 0.417. The van der Waals surface area contributed by atoms with Crippen LogP contribution >= 0.6 is 0 Å². The van der Waals surface area contributed by atoms with Crippen LogP contribution in [0.15, 0.2) is 18.5 Å². The highest BCUT2D eigenvalue weighted by atomic mass is 14.9. The van der Waals surface area contributed by atoms with Gasteiger partial charge in [0.1, 0.15) is 0 Å². The molecule has 0 spiro atoms. The van der Waals surface area contributed by atoms with Gasteiger partial charge in [0.15, 0.2) is 0 Å². The van der Waals surface area contributed by atoms with E-state index in [-0.39, 0.29) is 6.04 Å². The van der Waals surface area contributed by atoms with Gasteiger partial charge >= 0.3 is 0 Å². The predicted molar refractivity (Wildman–Crippen MR) is 58.8 cm³/mol.